The predicted molar refractivity (Wildman–Crippen MR) is 109 cm³/mol. The van der Waals surface area contributed by atoms with Gasteiger partial charge in [-0.1, -0.05) is 43.3 Å². The molecule has 0 heterocycles. The molecule has 0 radical (unpaired) electrons. The number of nitrogens with zero attached hydrogens (tertiary/aromatic N) is 1. The van der Waals surface area contributed by atoms with E-state index in [1.807, 2.05) is 24.3 Å². The average Bonchev–Trinajstić information content (AvgIpc) is 2.70. The Morgan fingerprint density at radius 3 is 2.41 bits per heavy atom. The molecule has 1 amide bonds. The zero-order valence-electron chi connectivity index (χ0n) is 16.0. The lowest BCUT2D eigenvalue weighted by atomic mass is 10.1. The lowest BCUT2D eigenvalue weighted by molar-refractivity contribution is -0.119. The maximum atomic E-state index is 10.7. The van der Waals surface area contributed by atoms with Crippen molar-refractivity contribution >= 4 is 11.9 Å². The van der Waals surface area contributed by atoms with Gasteiger partial charge in [-0.25, -0.2) is 0 Å². The number of hydrogen-bond acceptors (Lipinski definition) is 3. The fourth-order valence-corrected chi connectivity index (χ4v) is 2.71. The summed E-state index contributed by atoms with van der Waals surface area (Å²) in [4.78, 5) is 15.0. The first-order valence-electron chi connectivity index (χ1n) is 9.13. The molecule has 0 fully saturated rings. The van der Waals surface area contributed by atoms with Crippen molar-refractivity contribution in [1.29, 1.82) is 0 Å². The van der Waals surface area contributed by atoms with E-state index in [1.54, 1.807) is 7.05 Å². The molecule has 0 bridgehead atoms. The summed E-state index contributed by atoms with van der Waals surface area (Å²) in [6.07, 6.45) is 1.87. The van der Waals surface area contributed by atoms with Gasteiger partial charge < -0.3 is 21.1 Å². The van der Waals surface area contributed by atoms with Gasteiger partial charge in [0.15, 0.2) is 12.6 Å². The highest BCUT2D eigenvalue weighted by Gasteiger charge is 2.03. The highest BCUT2D eigenvalue weighted by atomic mass is 16.5. The number of nitrogens with two attached hydrogens (primary N) is 1. The number of carbonyl (C=O) groups is 1. The quantitative estimate of drug-likeness (QED) is 0.467. The van der Waals surface area contributed by atoms with Crippen molar-refractivity contribution in [2.24, 2.45) is 10.7 Å². The molecule has 2 aromatic rings. The van der Waals surface area contributed by atoms with Gasteiger partial charge in [-0.2, -0.15) is 0 Å². The summed E-state index contributed by atoms with van der Waals surface area (Å²) in [5, 5.41) is 6.69. The molecule has 2 aromatic carbocycles. The molecule has 144 valence electrons. The maximum absolute atomic E-state index is 10.7. The molecule has 4 N–H and O–H groups in total. The van der Waals surface area contributed by atoms with Crippen LogP contribution in [0.25, 0.3) is 0 Å². The molecule has 0 atom stereocenters. The van der Waals surface area contributed by atoms with Gasteiger partial charge in [0.05, 0.1) is 0 Å². The highest BCUT2D eigenvalue weighted by Crippen LogP contribution is 2.12. The van der Waals surface area contributed by atoms with E-state index in [0.717, 1.165) is 31.9 Å². The smallest absolute Gasteiger partial charge is 0.255 e. The molecule has 0 saturated heterocycles. The summed E-state index contributed by atoms with van der Waals surface area (Å²) in [6, 6.07) is 16.1. The predicted octanol–water partition coefficient (Wildman–Crippen LogP) is 2.02. The molecular formula is C21H28N4O2. The van der Waals surface area contributed by atoms with E-state index >= 15 is 0 Å². The van der Waals surface area contributed by atoms with E-state index in [9.17, 15) is 4.79 Å². The van der Waals surface area contributed by atoms with E-state index in [0.29, 0.717) is 5.75 Å². The largest absolute Gasteiger partial charge is 0.484 e. The zero-order chi connectivity index (χ0) is 19.5. The topological polar surface area (TPSA) is 88.7 Å². The van der Waals surface area contributed by atoms with Crippen molar-refractivity contribution in [2.45, 2.75) is 26.3 Å². The number of ether oxygens (including phenoxy) is 1. The van der Waals surface area contributed by atoms with Gasteiger partial charge in [-0.15, -0.1) is 0 Å². The molecule has 0 saturated carbocycles. The first kappa shape index (κ1) is 20.3. The molecule has 0 aliphatic heterocycles. The fraction of sp³-hybridized carbons (Fsp3) is 0.333. The molecule has 0 aliphatic rings. The number of amides is 1. The van der Waals surface area contributed by atoms with Crippen molar-refractivity contribution in [2.75, 3.05) is 20.2 Å². The van der Waals surface area contributed by atoms with Crippen LogP contribution in [0.1, 0.15) is 23.6 Å². The summed E-state index contributed by atoms with van der Waals surface area (Å²) in [5.74, 6) is 0.934. The second kappa shape index (κ2) is 10.9. The first-order valence-corrected chi connectivity index (χ1v) is 9.13. The minimum atomic E-state index is -0.483. The number of guanidine groups is 1. The summed E-state index contributed by atoms with van der Waals surface area (Å²) in [7, 11) is 1.77. The van der Waals surface area contributed by atoms with E-state index in [4.69, 9.17) is 10.5 Å². The third-order valence-corrected chi connectivity index (χ3v) is 4.18. The van der Waals surface area contributed by atoms with Crippen LogP contribution in [0.2, 0.25) is 0 Å². The van der Waals surface area contributed by atoms with Crippen molar-refractivity contribution in [3.05, 3.63) is 65.2 Å². The Morgan fingerprint density at radius 1 is 1.07 bits per heavy atom. The number of hydrogen-bond donors (Lipinski definition) is 3. The van der Waals surface area contributed by atoms with Crippen LogP contribution in [0.5, 0.6) is 5.75 Å². The standard InChI is InChI=1S/C21H28N4O2/c1-3-17-6-4-5-7-18(17)14-25-21(23-2)24-13-12-16-8-10-19(11-9-16)27-15-20(22)26/h4-11H,3,12-15H2,1-2H3,(H2,22,26)(H2,23,24,25). The number of rotatable bonds is 9. The van der Waals surface area contributed by atoms with Crippen LogP contribution in [0.15, 0.2) is 53.5 Å². The van der Waals surface area contributed by atoms with Gasteiger partial charge in [0, 0.05) is 20.1 Å². The number of aryl methyl sites for hydroxylation is 1. The Hall–Kier alpha value is -3.02. The number of primary amides is 1. The Labute approximate surface area is 160 Å². The van der Waals surface area contributed by atoms with Gasteiger partial charge in [0.25, 0.3) is 5.91 Å². The molecule has 0 aromatic heterocycles. The second-order valence-corrected chi connectivity index (χ2v) is 6.12. The maximum Gasteiger partial charge on any atom is 0.255 e. The van der Waals surface area contributed by atoms with Gasteiger partial charge in [0.2, 0.25) is 0 Å². The van der Waals surface area contributed by atoms with Gasteiger partial charge in [-0.05, 0) is 41.7 Å². The lowest BCUT2D eigenvalue weighted by Gasteiger charge is -2.14. The average molecular weight is 368 g/mol. The molecule has 0 spiro atoms. The Kier molecular flexibility index (Phi) is 8.16. The van der Waals surface area contributed by atoms with E-state index in [1.165, 1.54) is 16.7 Å². The minimum Gasteiger partial charge on any atom is -0.484 e. The van der Waals surface area contributed by atoms with Crippen molar-refractivity contribution in [3.8, 4) is 5.75 Å². The molecule has 2 rings (SSSR count). The second-order valence-electron chi connectivity index (χ2n) is 6.12. The molecule has 27 heavy (non-hydrogen) atoms. The highest BCUT2D eigenvalue weighted by molar-refractivity contribution is 5.79. The van der Waals surface area contributed by atoms with Gasteiger partial charge in [-0.3, -0.25) is 9.79 Å². The lowest BCUT2D eigenvalue weighted by Crippen LogP contribution is -2.38. The molecule has 6 heteroatoms. The summed E-state index contributed by atoms with van der Waals surface area (Å²) in [6.45, 7) is 3.56. The van der Waals surface area contributed by atoms with Crippen LogP contribution < -0.4 is 21.1 Å². The number of aliphatic imine (C=N–C) groups is 1. The zero-order valence-corrected chi connectivity index (χ0v) is 16.0. The van der Waals surface area contributed by atoms with E-state index in [2.05, 4.69) is 46.8 Å². The van der Waals surface area contributed by atoms with Crippen LogP contribution in [-0.4, -0.2) is 32.1 Å². The van der Waals surface area contributed by atoms with Crippen LogP contribution in [0, 0.1) is 0 Å². The summed E-state index contributed by atoms with van der Waals surface area (Å²) >= 11 is 0. The third-order valence-electron chi connectivity index (χ3n) is 4.18. The van der Waals surface area contributed by atoms with Crippen LogP contribution in [0.4, 0.5) is 0 Å². The number of carbonyl (C=O) groups excluding carboxylic acids is 1. The Morgan fingerprint density at radius 2 is 1.78 bits per heavy atom. The van der Waals surface area contributed by atoms with Gasteiger partial charge >= 0.3 is 0 Å². The molecule has 6 nitrogen and oxygen atoms in total. The van der Waals surface area contributed by atoms with Crippen LogP contribution in [-0.2, 0) is 24.2 Å². The molecule has 0 aliphatic carbocycles. The van der Waals surface area contributed by atoms with Crippen LogP contribution >= 0.6 is 0 Å². The third kappa shape index (κ3) is 7.01. The summed E-state index contributed by atoms with van der Waals surface area (Å²) in [5.41, 5.74) is 8.87. The normalized spacial score (nSPS) is 11.1. The van der Waals surface area contributed by atoms with Crippen molar-refractivity contribution in [3.63, 3.8) is 0 Å². The van der Waals surface area contributed by atoms with Crippen LogP contribution in [0.3, 0.4) is 0 Å². The van der Waals surface area contributed by atoms with Gasteiger partial charge in [0.1, 0.15) is 5.75 Å². The monoisotopic (exact) mass is 368 g/mol. The molecule has 0 unspecified atom stereocenters. The minimum absolute atomic E-state index is 0.107. The first-order chi connectivity index (χ1) is 13.1. The van der Waals surface area contributed by atoms with E-state index in [-0.39, 0.29) is 6.61 Å². The SMILES string of the molecule is CCc1ccccc1CNC(=NC)NCCc1ccc(OCC(N)=O)cc1. The fourth-order valence-electron chi connectivity index (χ4n) is 2.71. The van der Waals surface area contributed by atoms with Crippen molar-refractivity contribution < 1.29 is 9.53 Å². The summed E-state index contributed by atoms with van der Waals surface area (Å²) < 4.78 is 5.26. The Bertz CT molecular complexity index is 757. The number of nitrogens with one attached hydrogen (secondary N) is 2. The molecular weight excluding hydrogens is 340 g/mol. The van der Waals surface area contributed by atoms with Crippen molar-refractivity contribution in [1.82, 2.24) is 10.6 Å². The van der Waals surface area contributed by atoms with E-state index < -0.39 is 5.91 Å². The Balaban J connectivity index is 1.76. The number of benzene rings is 2.